The van der Waals surface area contributed by atoms with Crippen LogP contribution in [-0.4, -0.2) is 11.2 Å². The number of rotatable bonds is 6. The number of pyridine rings is 1. The lowest BCUT2D eigenvalue weighted by atomic mass is 9.93. The molecule has 0 saturated carbocycles. The first-order valence-electron chi connectivity index (χ1n) is 9.52. The van der Waals surface area contributed by atoms with Crippen molar-refractivity contribution in [2.24, 2.45) is 10.9 Å². The van der Waals surface area contributed by atoms with Crippen molar-refractivity contribution in [1.82, 2.24) is 4.98 Å². The van der Waals surface area contributed by atoms with Crippen molar-refractivity contribution >= 4 is 11.9 Å². The van der Waals surface area contributed by atoms with Crippen LogP contribution in [0.4, 0.5) is 5.69 Å². The molecule has 1 aromatic carbocycles. The minimum absolute atomic E-state index is 0.445. The molecule has 0 spiro atoms. The highest BCUT2D eigenvalue weighted by Gasteiger charge is 2.13. The molecule has 26 heavy (non-hydrogen) atoms. The third-order valence-electron chi connectivity index (χ3n) is 4.77. The van der Waals surface area contributed by atoms with Gasteiger partial charge in [-0.25, -0.2) is 0 Å². The van der Waals surface area contributed by atoms with Gasteiger partial charge >= 0.3 is 0 Å². The third kappa shape index (κ3) is 4.37. The third-order valence-corrected chi connectivity index (χ3v) is 4.77. The zero-order chi connectivity index (χ0) is 18.5. The molecule has 134 valence electrons. The first kappa shape index (κ1) is 18.3. The summed E-state index contributed by atoms with van der Waals surface area (Å²) in [7, 11) is 0. The summed E-state index contributed by atoms with van der Waals surface area (Å²) in [4.78, 5) is 9.66. The van der Waals surface area contributed by atoms with Gasteiger partial charge < -0.3 is 0 Å². The standard InChI is InChI=1S/C24H28N2/c1-17(2)22-13-8-14-23(18(3)4)24(22)25-16-21-12-7-11-20(26-21)15-19-9-5-6-10-19/h5-14,16-19H,15H2,1-4H3. The van der Waals surface area contributed by atoms with Crippen molar-refractivity contribution in [2.45, 2.75) is 46.0 Å². The highest BCUT2D eigenvalue weighted by Crippen LogP contribution is 2.34. The van der Waals surface area contributed by atoms with Gasteiger partial charge in [0.25, 0.3) is 0 Å². The Labute approximate surface area is 157 Å². The maximum absolute atomic E-state index is 4.88. The molecule has 2 nitrogen and oxygen atoms in total. The normalized spacial score (nSPS) is 14.4. The summed E-state index contributed by atoms with van der Waals surface area (Å²) in [6.45, 7) is 8.89. The molecule has 0 saturated heterocycles. The van der Waals surface area contributed by atoms with Gasteiger partial charge in [-0.2, -0.15) is 0 Å². The fraction of sp³-hybridized carbons (Fsp3) is 0.333. The molecule has 1 heterocycles. The highest BCUT2D eigenvalue weighted by atomic mass is 14.8. The first-order valence-corrected chi connectivity index (χ1v) is 9.52. The van der Waals surface area contributed by atoms with Crippen molar-refractivity contribution in [1.29, 1.82) is 0 Å². The van der Waals surface area contributed by atoms with E-state index >= 15 is 0 Å². The number of hydrogen-bond acceptors (Lipinski definition) is 2. The van der Waals surface area contributed by atoms with E-state index in [1.54, 1.807) is 0 Å². The average Bonchev–Trinajstić information content (AvgIpc) is 3.12. The van der Waals surface area contributed by atoms with Crippen LogP contribution in [0.1, 0.15) is 62.0 Å². The summed E-state index contributed by atoms with van der Waals surface area (Å²) >= 11 is 0. The Kier molecular flexibility index (Phi) is 5.82. The summed E-state index contributed by atoms with van der Waals surface area (Å²) in [6, 6.07) is 12.7. The minimum Gasteiger partial charge on any atom is -0.254 e. The Morgan fingerprint density at radius 1 is 0.923 bits per heavy atom. The van der Waals surface area contributed by atoms with Gasteiger partial charge in [0.2, 0.25) is 0 Å². The molecule has 0 aliphatic heterocycles. The van der Waals surface area contributed by atoms with Gasteiger partial charge in [0.1, 0.15) is 0 Å². The van der Waals surface area contributed by atoms with Crippen molar-refractivity contribution < 1.29 is 0 Å². The van der Waals surface area contributed by atoms with Crippen molar-refractivity contribution in [3.05, 3.63) is 83.2 Å². The summed E-state index contributed by atoms with van der Waals surface area (Å²) in [5.74, 6) is 1.35. The van der Waals surface area contributed by atoms with E-state index in [1.807, 2.05) is 12.3 Å². The lowest BCUT2D eigenvalue weighted by Crippen LogP contribution is -2.01. The lowest BCUT2D eigenvalue weighted by Gasteiger charge is -2.16. The van der Waals surface area contributed by atoms with Gasteiger partial charge in [0.15, 0.2) is 0 Å². The minimum atomic E-state index is 0.445. The predicted octanol–water partition coefficient (Wildman–Crippen LogP) is 6.36. The van der Waals surface area contributed by atoms with E-state index in [1.165, 1.54) is 11.1 Å². The molecular formula is C24H28N2. The number of hydrogen-bond donors (Lipinski definition) is 0. The lowest BCUT2D eigenvalue weighted by molar-refractivity contribution is 0.789. The van der Waals surface area contributed by atoms with Gasteiger partial charge in [-0.15, -0.1) is 0 Å². The Hall–Kier alpha value is -2.48. The van der Waals surface area contributed by atoms with Crippen LogP contribution in [0.25, 0.3) is 0 Å². The summed E-state index contributed by atoms with van der Waals surface area (Å²) in [5, 5.41) is 0. The molecule has 0 fully saturated rings. The number of allylic oxidation sites excluding steroid dienone is 4. The van der Waals surface area contributed by atoms with Crippen LogP contribution in [0, 0.1) is 5.92 Å². The van der Waals surface area contributed by atoms with Gasteiger partial charge in [-0.1, -0.05) is 76.3 Å². The Morgan fingerprint density at radius 3 is 2.15 bits per heavy atom. The molecule has 1 aromatic heterocycles. The zero-order valence-corrected chi connectivity index (χ0v) is 16.2. The van der Waals surface area contributed by atoms with E-state index in [9.17, 15) is 0 Å². The van der Waals surface area contributed by atoms with Crippen LogP contribution in [-0.2, 0) is 6.42 Å². The highest BCUT2D eigenvalue weighted by molar-refractivity contribution is 5.81. The Balaban J connectivity index is 1.88. The van der Waals surface area contributed by atoms with Crippen LogP contribution >= 0.6 is 0 Å². The van der Waals surface area contributed by atoms with Gasteiger partial charge in [0.05, 0.1) is 17.6 Å². The molecule has 0 atom stereocenters. The molecule has 1 aliphatic carbocycles. The largest absolute Gasteiger partial charge is 0.254 e. The second kappa shape index (κ2) is 8.27. The number of aliphatic imine (C=N–C) groups is 1. The van der Waals surface area contributed by atoms with E-state index in [4.69, 9.17) is 9.98 Å². The quantitative estimate of drug-likeness (QED) is 0.559. The summed E-state index contributed by atoms with van der Waals surface area (Å²) in [6.07, 6.45) is 11.5. The van der Waals surface area contributed by atoms with Gasteiger partial charge in [0, 0.05) is 11.6 Å². The second-order valence-electron chi connectivity index (χ2n) is 7.54. The fourth-order valence-electron chi connectivity index (χ4n) is 3.33. The van der Waals surface area contributed by atoms with E-state index in [2.05, 4.69) is 82.3 Å². The molecule has 0 radical (unpaired) electrons. The monoisotopic (exact) mass is 344 g/mol. The Morgan fingerprint density at radius 2 is 1.54 bits per heavy atom. The maximum atomic E-state index is 4.88. The molecule has 2 aromatic rings. The summed E-state index contributed by atoms with van der Waals surface area (Å²) < 4.78 is 0. The fourth-order valence-corrected chi connectivity index (χ4v) is 3.33. The number of aromatic nitrogens is 1. The van der Waals surface area contributed by atoms with E-state index in [-0.39, 0.29) is 0 Å². The smallest absolute Gasteiger partial charge is 0.0815 e. The molecule has 3 rings (SSSR count). The predicted molar refractivity (Wildman–Crippen MR) is 112 cm³/mol. The Bertz CT molecular complexity index is 803. The zero-order valence-electron chi connectivity index (χ0n) is 16.2. The molecule has 0 amide bonds. The SMILES string of the molecule is CC(C)c1cccc(C(C)C)c1N=Cc1cccc(CC2C=CC=C2)n1. The molecule has 0 unspecified atom stereocenters. The van der Waals surface area contributed by atoms with Crippen LogP contribution < -0.4 is 0 Å². The number of benzene rings is 1. The number of para-hydroxylation sites is 1. The van der Waals surface area contributed by atoms with Crippen LogP contribution in [0.2, 0.25) is 0 Å². The maximum Gasteiger partial charge on any atom is 0.0815 e. The topological polar surface area (TPSA) is 25.2 Å². The van der Waals surface area contributed by atoms with Crippen LogP contribution in [0.5, 0.6) is 0 Å². The van der Waals surface area contributed by atoms with Crippen molar-refractivity contribution in [2.75, 3.05) is 0 Å². The summed E-state index contributed by atoms with van der Waals surface area (Å²) in [5.41, 5.74) is 5.72. The van der Waals surface area contributed by atoms with Crippen LogP contribution in [0.15, 0.2) is 65.7 Å². The average molecular weight is 345 g/mol. The van der Waals surface area contributed by atoms with Crippen molar-refractivity contribution in [3.8, 4) is 0 Å². The molecule has 2 heteroatoms. The van der Waals surface area contributed by atoms with Gasteiger partial charge in [-0.3, -0.25) is 9.98 Å². The molecule has 1 aliphatic rings. The molecular weight excluding hydrogens is 316 g/mol. The van der Waals surface area contributed by atoms with E-state index in [0.29, 0.717) is 17.8 Å². The number of nitrogens with zero attached hydrogens (tertiary/aromatic N) is 2. The first-order chi connectivity index (χ1) is 12.5. The van der Waals surface area contributed by atoms with Crippen LogP contribution in [0.3, 0.4) is 0 Å². The molecule has 0 bridgehead atoms. The van der Waals surface area contributed by atoms with Gasteiger partial charge in [-0.05, 0) is 41.5 Å². The second-order valence-corrected chi connectivity index (χ2v) is 7.54. The van der Waals surface area contributed by atoms with E-state index < -0.39 is 0 Å². The molecule has 0 N–H and O–H groups in total. The van der Waals surface area contributed by atoms with Crippen molar-refractivity contribution in [3.63, 3.8) is 0 Å². The van der Waals surface area contributed by atoms with E-state index in [0.717, 1.165) is 23.5 Å².